The molecule has 4 rings (SSSR count). The summed E-state index contributed by atoms with van der Waals surface area (Å²) in [6.45, 7) is 5.06. The van der Waals surface area contributed by atoms with Crippen molar-refractivity contribution >= 4 is 28.9 Å². The van der Waals surface area contributed by atoms with Crippen molar-refractivity contribution in [2.45, 2.75) is 76.8 Å². The van der Waals surface area contributed by atoms with Crippen LogP contribution < -0.4 is 10.6 Å². The zero-order valence-corrected chi connectivity index (χ0v) is 22.4. The molecule has 1 aliphatic carbocycles. The number of carbonyl (C=O) groups is 3. The number of thiazole rings is 1. The van der Waals surface area contributed by atoms with Crippen molar-refractivity contribution in [1.82, 2.24) is 20.5 Å². The van der Waals surface area contributed by atoms with Crippen LogP contribution in [-0.4, -0.2) is 53.7 Å². The topological polar surface area (TPSA) is 91.4 Å². The minimum atomic E-state index is -0.508. The van der Waals surface area contributed by atoms with Crippen molar-refractivity contribution in [3.8, 4) is 0 Å². The molecule has 1 saturated heterocycles. The fourth-order valence-electron chi connectivity index (χ4n) is 5.43. The molecule has 2 aliphatic rings. The quantitative estimate of drug-likeness (QED) is 0.487. The van der Waals surface area contributed by atoms with Gasteiger partial charge in [-0.3, -0.25) is 14.4 Å². The normalized spacial score (nSPS) is 19.4. The lowest BCUT2D eigenvalue weighted by atomic mass is 9.83. The van der Waals surface area contributed by atoms with Gasteiger partial charge in [0.25, 0.3) is 0 Å². The van der Waals surface area contributed by atoms with Crippen LogP contribution >= 0.6 is 11.3 Å². The predicted molar refractivity (Wildman–Crippen MR) is 142 cm³/mol. The van der Waals surface area contributed by atoms with E-state index in [1.54, 1.807) is 7.05 Å². The van der Waals surface area contributed by atoms with Gasteiger partial charge in [-0.1, -0.05) is 51.3 Å². The summed E-state index contributed by atoms with van der Waals surface area (Å²) in [5.41, 5.74) is 2.20. The number of likely N-dealkylation sites (tertiary alicyclic amines) is 1. The standard InChI is InChI=1S/C28H38N4O3S/c1-18(2)20-11-7-12-21(15-20)26(34)22-17-36-27(30-22)23-13-8-14-32(23)28(35)25(31-24(33)16-29-3)19-9-5-4-6-10-19/h7,11-12,15,17-19,23,25,29H,4-6,8-10,13-14,16H2,1-3H3,(H,31,33). The van der Waals surface area contributed by atoms with E-state index in [4.69, 9.17) is 4.98 Å². The molecule has 1 saturated carbocycles. The summed E-state index contributed by atoms with van der Waals surface area (Å²) in [5.74, 6) is 0.252. The van der Waals surface area contributed by atoms with E-state index < -0.39 is 6.04 Å². The summed E-state index contributed by atoms with van der Waals surface area (Å²) in [4.78, 5) is 46.1. The maximum Gasteiger partial charge on any atom is 0.246 e. The van der Waals surface area contributed by atoms with Crippen molar-refractivity contribution in [3.05, 3.63) is 51.5 Å². The van der Waals surface area contributed by atoms with Crippen LogP contribution in [0.25, 0.3) is 0 Å². The third-order valence-corrected chi connectivity index (χ3v) is 8.38. The van der Waals surface area contributed by atoms with Crippen LogP contribution in [0.2, 0.25) is 0 Å². The number of nitrogens with zero attached hydrogens (tertiary/aromatic N) is 2. The number of nitrogens with one attached hydrogen (secondary N) is 2. The molecule has 8 heteroatoms. The first kappa shape index (κ1) is 26.5. The van der Waals surface area contributed by atoms with E-state index >= 15 is 0 Å². The molecule has 2 fully saturated rings. The second-order valence-electron chi connectivity index (χ2n) is 10.3. The Morgan fingerprint density at radius 3 is 2.61 bits per heavy atom. The average molecular weight is 511 g/mol. The maximum atomic E-state index is 13.8. The Morgan fingerprint density at radius 2 is 1.89 bits per heavy atom. The number of amides is 2. The number of ketones is 1. The van der Waals surface area contributed by atoms with E-state index in [1.165, 1.54) is 17.8 Å². The highest BCUT2D eigenvalue weighted by atomic mass is 32.1. The number of hydrogen-bond donors (Lipinski definition) is 2. The Hall–Kier alpha value is -2.58. The molecule has 1 aromatic carbocycles. The van der Waals surface area contributed by atoms with Crippen molar-refractivity contribution in [1.29, 1.82) is 0 Å². The van der Waals surface area contributed by atoms with Gasteiger partial charge in [-0.15, -0.1) is 11.3 Å². The van der Waals surface area contributed by atoms with Gasteiger partial charge < -0.3 is 15.5 Å². The van der Waals surface area contributed by atoms with Gasteiger partial charge in [0, 0.05) is 17.5 Å². The minimum absolute atomic E-state index is 0.0124. The van der Waals surface area contributed by atoms with Gasteiger partial charge in [0.05, 0.1) is 12.6 Å². The molecule has 1 aromatic heterocycles. The molecule has 2 atom stereocenters. The summed E-state index contributed by atoms with van der Waals surface area (Å²) in [5, 5.41) is 8.52. The first-order chi connectivity index (χ1) is 17.4. The molecule has 2 unspecified atom stereocenters. The number of likely N-dealkylation sites (N-methyl/N-ethyl adjacent to an activating group) is 1. The Labute approximate surface area is 218 Å². The van der Waals surface area contributed by atoms with E-state index in [0.717, 1.165) is 49.1 Å². The van der Waals surface area contributed by atoms with Gasteiger partial charge in [-0.25, -0.2) is 4.98 Å². The Balaban J connectivity index is 1.52. The van der Waals surface area contributed by atoms with E-state index in [2.05, 4.69) is 24.5 Å². The molecular formula is C28H38N4O3S. The lowest BCUT2D eigenvalue weighted by Gasteiger charge is -2.34. The smallest absolute Gasteiger partial charge is 0.246 e. The summed E-state index contributed by atoms with van der Waals surface area (Å²) in [6.07, 6.45) is 6.99. The molecule has 2 amide bonds. The van der Waals surface area contributed by atoms with Crippen LogP contribution in [0.5, 0.6) is 0 Å². The molecule has 2 N–H and O–H groups in total. The van der Waals surface area contributed by atoms with Gasteiger partial charge >= 0.3 is 0 Å². The van der Waals surface area contributed by atoms with Crippen molar-refractivity contribution in [3.63, 3.8) is 0 Å². The van der Waals surface area contributed by atoms with Gasteiger partial charge in [0.1, 0.15) is 16.7 Å². The summed E-state index contributed by atoms with van der Waals surface area (Å²) >= 11 is 1.45. The van der Waals surface area contributed by atoms with Crippen LogP contribution in [0.3, 0.4) is 0 Å². The van der Waals surface area contributed by atoms with E-state index in [1.807, 2.05) is 34.5 Å². The lowest BCUT2D eigenvalue weighted by molar-refractivity contribution is -0.139. The Kier molecular flexibility index (Phi) is 8.90. The Bertz CT molecular complexity index is 1080. The van der Waals surface area contributed by atoms with Crippen LogP contribution in [-0.2, 0) is 9.59 Å². The molecule has 36 heavy (non-hydrogen) atoms. The summed E-state index contributed by atoms with van der Waals surface area (Å²) in [7, 11) is 1.73. The van der Waals surface area contributed by atoms with E-state index in [-0.39, 0.29) is 36.1 Å². The molecular weight excluding hydrogens is 472 g/mol. The number of aromatic nitrogens is 1. The highest BCUT2D eigenvalue weighted by molar-refractivity contribution is 7.10. The summed E-state index contributed by atoms with van der Waals surface area (Å²) < 4.78 is 0. The highest BCUT2D eigenvalue weighted by Gasteiger charge is 2.39. The van der Waals surface area contributed by atoms with Crippen molar-refractivity contribution < 1.29 is 14.4 Å². The first-order valence-corrected chi connectivity index (χ1v) is 14.1. The third kappa shape index (κ3) is 6.03. The van der Waals surface area contributed by atoms with Crippen LogP contribution in [0.15, 0.2) is 29.6 Å². The number of carbonyl (C=O) groups excluding carboxylic acids is 3. The second kappa shape index (κ2) is 12.1. The zero-order chi connectivity index (χ0) is 25.7. The molecule has 1 aliphatic heterocycles. The first-order valence-electron chi connectivity index (χ1n) is 13.2. The minimum Gasteiger partial charge on any atom is -0.343 e. The van der Waals surface area contributed by atoms with Crippen LogP contribution in [0, 0.1) is 5.92 Å². The molecule has 194 valence electrons. The van der Waals surface area contributed by atoms with Crippen molar-refractivity contribution in [2.24, 2.45) is 5.92 Å². The maximum absolute atomic E-state index is 13.8. The fraction of sp³-hybridized carbons (Fsp3) is 0.571. The molecule has 2 heterocycles. The second-order valence-corrected chi connectivity index (χ2v) is 11.2. The number of hydrogen-bond acceptors (Lipinski definition) is 6. The monoisotopic (exact) mass is 510 g/mol. The summed E-state index contributed by atoms with van der Waals surface area (Å²) in [6, 6.07) is 7.07. The zero-order valence-electron chi connectivity index (χ0n) is 21.6. The van der Waals surface area contributed by atoms with Gasteiger partial charge in [0.15, 0.2) is 0 Å². The van der Waals surface area contributed by atoms with Gasteiger partial charge in [-0.2, -0.15) is 0 Å². The fourth-order valence-corrected chi connectivity index (χ4v) is 6.38. The average Bonchev–Trinajstić information content (AvgIpc) is 3.57. The van der Waals surface area contributed by atoms with Gasteiger partial charge in [-0.05, 0) is 56.2 Å². The molecule has 0 spiro atoms. The lowest BCUT2D eigenvalue weighted by Crippen LogP contribution is -2.53. The molecule has 0 radical (unpaired) electrons. The SMILES string of the molecule is CNCC(=O)NC(C(=O)N1CCCC1c1nc(C(=O)c2cccc(C(C)C)c2)cs1)C1CCCCC1. The molecule has 2 aromatic rings. The highest BCUT2D eigenvalue weighted by Crippen LogP contribution is 2.36. The van der Waals surface area contributed by atoms with Crippen LogP contribution in [0.4, 0.5) is 0 Å². The van der Waals surface area contributed by atoms with Crippen molar-refractivity contribution in [2.75, 3.05) is 20.1 Å². The number of benzene rings is 1. The van der Waals surface area contributed by atoms with Gasteiger partial charge in [0.2, 0.25) is 17.6 Å². The Morgan fingerprint density at radius 1 is 1.11 bits per heavy atom. The molecule has 0 bridgehead atoms. The van der Waals surface area contributed by atoms with E-state index in [9.17, 15) is 14.4 Å². The predicted octanol–water partition coefficient (Wildman–Crippen LogP) is 4.45. The number of rotatable bonds is 9. The molecule has 7 nitrogen and oxygen atoms in total. The third-order valence-electron chi connectivity index (χ3n) is 7.43. The van der Waals surface area contributed by atoms with Crippen LogP contribution in [0.1, 0.15) is 97.4 Å². The largest absolute Gasteiger partial charge is 0.343 e. The van der Waals surface area contributed by atoms with E-state index in [0.29, 0.717) is 23.7 Å².